The van der Waals surface area contributed by atoms with Gasteiger partial charge in [0, 0.05) is 16.0 Å². The first-order chi connectivity index (χ1) is 16.0. The molecule has 1 N–H and O–H groups in total. The standard InChI is InChI=1S/C25H21N3O3S2/c1-15-9-10-19(16(2)12-15)26-21(29)14-33-25-27-22-18-7-3-4-8-20(18)31-23(22)24(30)28(25)13-17-6-5-11-32-17/h3-12H,13-14H2,1-2H3,(H,26,29). The van der Waals surface area contributed by atoms with E-state index in [0.717, 1.165) is 27.1 Å². The van der Waals surface area contributed by atoms with E-state index in [2.05, 4.69) is 5.32 Å². The Bertz CT molecular complexity index is 1530. The van der Waals surface area contributed by atoms with Crippen molar-refractivity contribution >= 4 is 56.8 Å². The fourth-order valence-corrected chi connectivity index (χ4v) is 5.22. The summed E-state index contributed by atoms with van der Waals surface area (Å²) < 4.78 is 7.43. The van der Waals surface area contributed by atoms with Gasteiger partial charge < -0.3 is 9.73 Å². The number of carbonyl (C=O) groups is 1. The smallest absolute Gasteiger partial charge is 0.298 e. The summed E-state index contributed by atoms with van der Waals surface area (Å²) >= 11 is 2.82. The molecule has 3 aromatic heterocycles. The number of hydrogen-bond donors (Lipinski definition) is 1. The highest BCUT2D eigenvalue weighted by Gasteiger charge is 2.19. The van der Waals surface area contributed by atoms with Crippen molar-refractivity contribution in [1.82, 2.24) is 9.55 Å². The van der Waals surface area contributed by atoms with Crippen LogP contribution in [0.4, 0.5) is 5.69 Å². The van der Waals surface area contributed by atoms with Gasteiger partial charge in [0.05, 0.1) is 12.3 Å². The topological polar surface area (TPSA) is 77.1 Å². The quantitative estimate of drug-likeness (QED) is 0.255. The molecule has 0 fully saturated rings. The van der Waals surface area contributed by atoms with E-state index in [0.29, 0.717) is 22.8 Å². The molecule has 5 rings (SSSR count). The third-order valence-corrected chi connectivity index (χ3v) is 7.17. The lowest BCUT2D eigenvalue weighted by Crippen LogP contribution is -2.24. The zero-order valence-electron chi connectivity index (χ0n) is 18.1. The van der Waals surface area contributed by atoms with Crippen LogP contribution in [0.15, 0.2) is 74.3 Å². The Hall–Kier alpha value is -3.36. The number of fused-ring (bicyclic) bond motifs is 3. The maximum atomic E-state index is 13.4. The number of carbonyl (C=O) groups excluding carboxylic acids is 1. The minimum Gasteiger partial charge on any atom is -0.448 e. The number of thiophene rings is 1. The van der Waals surface area contributed by atoms with Crippen LogP contribution in [0.3, 0.4) is 0 Å². The summed E-state index contributed by atoms with van der Waals surface area (Å²) in [5.74, 6) is -0.0214. The number of rotatable bonds is 6. The first-order valence-corrected chi connectivity index (χ1v) is 12.3. The number of anilines is 1. The molecule has 0 radical (unpaired) electrons. The second-order valence-electron chi connectivity index (χ2n) is 7.80. The van der Waals surface area contributed by atoms with Gasteiger partial charge in [0.2, 0.25) is 11.5 Å². The van der Waals surface area contributed by atoms with Crippen molar-refractivity contribution < 1.29 is 9.21 Å². The molecular formula is C25H21N3O3S2. The summed E-state index contributed by atoms with van der Waals surface area (Å²) in [6, 6.07) is 17.3. The van der Waals surface area contributed by atoms with Gasteiger partial charge in [-0.25, -0.2) is 4.98 Å². The number of aryl methyl sites for hydroxylation is 2. The summed E-state index contributed by atoms with van der Waals surface area (Å²) in [7, 11) is 0. The maximum Gasteiger partial charge on any atom is 0.298 e. The molecule has 166 valence electrons. The second-order valence-corrected chi connectivity index (χ2v) is 9.77. The number of thioether (sulfide) groups is 1. The molecule has 0 bridgehead atoms. The second kappa shape index (κ2) is 8.88. The molecule has 0 aliphatic heterocycles. The van der Waals surface area contributed by atoms with Crippen LogP contribution in [0.2, 0.25) is 0 Å². The lowest BCUT2D eigenvalue weighted by molar-refractivity contribution is -0.113. The van der Waals surface area contributed by atoms with Gasteiger partial charge in [0.25, 0.3) is 5.56 Å². The van der Waals surface area contributed by atoms with Crippen LogP contribution < -0.4 is 10.9 Å². The fraction of sp³-hybridized carbons (Fsp3) is 0.160. The number of benzene rings is 2. The van der Waals surface area contributed by atoms with Crippen LogP contribution in [0, 0.1) is 13.8 Å². The molecular weight excluding hydrogens is 454 g/mol. The third-order valence-electron chi connectivity index (χ3n) is 5.33. The summed E-state index contributed by atoms with van der Waals surface area (Å²) in [4.78, 5) is 31.9. The molecule has 33 heavy (non-hydrogen) atoms. The molecule has 2 aromatic carbocycles. The Morgan fingerprint density at radius 3 is 2.79 bits per heavy atom. The Morgan fingerprint density at radius 1 is 1.15 bits per heavy atom. The van der Waals surface area contributed by atoms with Crippen molar-refractivity contribution in [3.8, 4) is 0 Å². The molecule has 1 amide bonds. The molecule has 3 heterocycles. The van der Waals surface area contributed by atoms with Crippen LogP contribution in [-0.2, 0) is 11.3 Å². The van der Waals surface area contributed by atoms with Gasteiger partial charge in [-0.3, -0.25) is 14.2 Å². The summed E-state index contributed by atoms with van der Waals surface area (Å²) in [5.41, 5.74) is 4.06. The predicted octanol–water partition coefficient (Wildman–Crippen LogP) is 5.60. The van der Waals surface area contributed by atoms with Crippen molar-refractivity contribution in [1.29, 1.82) is 0 Å². The molecule has 0 unspecified atom stereocenters. The van der Waals surface area contributed by atoms with Crippen molar-refractivity contribution in [2.24, 2.45) is 0 Å². The molecule has 8 heteroatoms. The number of furan rings is 1. The van der Waals surface area contributed by atoms with Crippen molar-refractivity contribution in [2.75, 3.05) is 11.1 Å². The van der Waals surface area contributed by atoms with Crippen molar-refractivity contribution in [3.05, 3.63) is 86.3 Å². The van der Waals surface area contributed by atoms with Gasteiger partial charge in [-0.1, -0.05) is 47.7 Å². The summed E-state index contributed by atoms with van der Waals surface area (Å²) in [6.45, 7) is 4.36. The van der Waals surface area contributed by atoms with E-state index < -0.39 is 0 Å². The van der Waals surface area contributed by atoms with Crippen molar-refractivity contribution in [3.63, 3.8) is 0 Å². The third kappa shape index (κ3) is 4.31. The van der Waals surface area contributed by atoms with Gasteiger partial charge in [0.1, 0.15) is 11.1 Å². The van der Waals surface area contributed by atoms with Crippen LogP contribution in [0.5, 0.6) is 0 Å². The first kappa shape index (κ1) is 21.5. The van der Waals surface area contributed by atoms with E-state index >= 15 is 0 Å². The number of nitrogens with zero attached hydrogens (tertiary/aromatic N) is 2. The lowest BCUT2D eigenvalue weighted by Gasteiger charge is -2.12. The van der Waals surface area contributed by atoms with E-state index in [-0.39, 0.29) is 22.8 Å². The minimum absolute atomic E-state index is 0.130. The van der Waals surface area contributed by atoms with E-state index in [4.69, 9.17) is 9.40 Å². The monoisotopic (exact) mass is 475 g/mol. The SMILES string of the molecule is Cc1ccc(NC(=O)CSc2nc3c(oc4ccccc43)c(=O)n2Cc2cccs2)c(C)c1. The molecule has 6 nitrogen and oxygen atoms in total. The van der Waals surface area contributed by atoms with E-state index in [9.17, 15) is 9.59 Å². The zero-order chi connectivity index (χ0) is 22.9. The minimum atomic E-state index is -0.248. The van der Waals surface area contributed by atoms with Crippen LogP contribution in [0.25, 0.3) is 22.1 Å². The zero-order valence-corrected chi connectivity index (χ0v) is 19.8. The lowest BCUT2D eigenvalue weighted by atomic mass is 10.1. The number of amides is 1. The Labute approximate surface area is 198 Å². The van der Waals surface area contributed by atoms with Gasteiger partial charge in [0.15, 0.2) is 5.16 Å². The summed E-state index contributed by atoms with van der Waals surface area (Å²) in [6.07, 6.45) is 0. The van der Waals surface area contributed by atoms with E-state index in [1.165, 1.54) is 11.8 Å². The molecule has 0 atom stereocenters. The fourth-order valence-electron chi connectivity index (χ4n) is 3.73. The molecule has 5 aromatic rings. The van der Waals surface area contributed by atoms with Crippen molar-refractivity contribution in [2.45, 2.75) is 25.5 Å². The van der Waals surface area contributed by atoms with E-state index in [1.807, 2.05) is 73.8 Å². The number of para-hydroxylation sites is 1. The highest BCUT2D eigenvalue weighted by atomic mass is 32.2. The van der Waals surface area contributed by atoms with Crippen LogP contribution in [-0.4, -0.2) is 21.2 Å². The molecule has 0 saturated carbocycles. The first-order valence-electron chi connectivity index (χ1n) is 10.4. The van der Waals surface area contributed by atoms with E-state index in [1.54, 1.807) is 15.9 Å². The number of nitrogens with one attached hydrogen (secondary N) is 1. The highest BCUT2D eigenvalue weighted by molar-refractivity contribution is 7.99. The van der Waals surface area contributed by atoms with Gasteiger partial charge in [-0.05, 0) is 49.1 Å². The van der Waals surface area contributed by atoms with Crippen LogP contribution >= 0.6 is 23.1 Å². The Balaban J connectivity index is 1.49. The maximum absolute atomic E-state index is 13.4. The van der Waals surface area contributed by atoms with Gasteiger partial charge in [-0.2, -0.15) is 0 Å². The Kier molecular flexibility index (Phi) is 5.78. The normalized spacial score (nSPS) is 11.3. The highest BCUT2D eigenvalue weighted by Crippen LogP contribution is 2.28. The molecule has 0 saturated heterocycles. The van der Waals surface area contributed by atoms with Gasteiger partial charge >= 0.3 is 0 Å². The predicted molar refractivity (Wildman–Crippen MR) is 134 cm³/mol. The number of hydrogen-bond acceptors (Lipinski definition) is 6. The average molecular weight is 476 g/mol. The Morgan fingerprint density at radius 2 is 2.00 bits per heavy atom. The summed E-state index contributed by atoms with van der Waals surface area (Å²) in [5, 5.41) is 6.20. The average Bonchev–Trinajstić information content (AvgIpc) is 3.44. The van der Waals surface area contributed by atoms with Crippen LogP contribution in [0.1, 0.15) is 16.0 Å². The number of aromatic nitrogens is 2. The molecule has 0 aliphatic carbocycles. The largest absolute Gasteiger partial charge is 0.448 e. The molecule has 0 spiro atoms. The van der Waals surface area contributed by atoms with Gasteiger partial charge in [-0.15, -0.1) is 11.3 Å². The molecule has 0 aliphatic rings.